The van der Waals surface area contributed by atoms with E-state index in [1.165, 1.54) is 5.56 Å². The number of nitrogens with zero attached hydrogens (tertiary/aromatic N) is 2. The van der Waals surface area contributed by atoms with E-state index in [1.807, 2.05) is 12.1 Å². The van der Waals surface area contributed by atoms with Crippen molar-refractivity contribution in [2.45, 2.75) is 39.7 Å². The van der Waals surface area contributed by atoms with E-state index < -0.39 is 0 Å². The van der Waals surface area contributed by atoms with Crippen molar-refractivity contribution in [3.8, 4) is 11.5 Å². The Labute approximate surface area is 159 Å². The molecule has 1 aromatic rings. The van der Waals surface area contributed by atoms with E-state index in [9.17, 15) is 0 Å². The first kappa shape index (κ1) is 22.1. The molecule has 0 heterocycles. The minimum absolute atomic E-state index is 0.589. The minimum atomic E-state index is 0.589. The molecule has 6 nitrogen and oxygen atoms in total. The molecule has 0 aliphatic rings. The van der Waals surface area contributed by atoms with Gasteiger partial charge in [-0.3, -0.25) is 4.99 Å². The van der Waals surface area contributed by atoms with Gasteiger partial charge in [0.15, 0.2) is 17.5 Å². The number of methoxy groups -OCH3 is 2. The summed E-state index contributed by atoms with van der Waals surface area (Å²) < 4.78 is 10.6. The molecule has 0 fully saturated rings. The molecule has 1 unspecified atom stereocenters. The smallest absolute Gasteiger partial charge is 0.191 e. The van der Waals surface area contributed by atoms with Gasteiger partial charge in [-0.1, -0.05) is 13.0 Å². The third-order valence-electron chi connectivity index (χ3n) is 4.56. The molecular weight excluding hydrogens is 328 g/mol. The molecule has 0 saturated heterocycles. The normalized spacial score (nSPS) is 12.8. The summed E-state index contributed by atoms with van der Waals surface area (Å²) in [4.78, 5) is 7.01. The lowest BCUT2D eigenvalue weighted by Crippen LogP contribution is -2.39. The lowest BCUT2D eigenvalue weighted by atomic mass is 10.1. The molecule has 2 N–H and O–H groups in total. The van der Waals surface area contributed by atoms with Crippen LogP contribution in [0.1, 0.15) is 32.8 Å². The molecule has 1 rings (SSSR count). The van der Waals surface area contributed by atoms with Gasteiger partial charge in [-0.25, -0.2) is 0 Å². The fraction of sp³-hybridized carbons (Fsp3) is 0.650. The summed E-state index contributed by atoms with van der Waals surface area (Å²) in [5.74, 6) is 2.38. The molecule has 1 aromatic carbocycles. The van der Waals surface area contributed by atoms with Crippen LogP contribution in [0.3, 0.4) is 0 Å². The van der Waals surface area contributed by atoms with Crippen LogP contribution in [-0.2, 0) is 6.42 Å². The van der Waals surface area contributed by atoms with E-state index in [4.69, 9.17) is 9.47 Å². The summed E-state index contributed by atoms with van der Waals surface area (Å²) >= 11 is 0. The van der Waals surface area contributed by atoms with E-state index in [2.05, 4.69) is 54.4 Å². The molecule has 0 aromatic heterocycles. The highest BCUT2D eigenvalue weighted by Crippen LogP contribution is 2.27. The van der Waals surface area contributed by atoms with Crippen LogP contribution in [0.15, 0.2) is 23.2 Å². The number of hydrogen-bond donors (Lipinski definition) is 2. The van der Waals surface area contributed by atoms with Gasteiger partial charge in [0.1, 0.15) is 0 Å². The lowest BCUT2D eigenvalue weighted by Gasteiger charge is -2.22. The predicted octanol–water partition coefficient (Wildman–Crippen LogP) is 2.53. The number of rotatable bonds is 11. The van der Waals surface area contributed by atoms with E-state index in [0.717, 1.165) is 56.5 Å². The molecule has 0 aliphatic heterocycles. The molecular formula is C20H36N4O2. The molecule has 1 atom stereocenters. The lowest BCUT2D eigenvalue weighted by molar-refractivity contribution is 0.259. The number of ether oxygens (including phenoxy) is 2. The van der Waals surface area contributed by atoms with Crippen LogP contribution in [0, 0.1) is 0 Å². The van der Waals surface area contributed by atoms with Crippen molar-refractivity contribution in [3.05, 3.63) is 23.8 Å². The van der Waals surface area contributed by atoms with Crippen LogP contribution in [0.2, 0.25) is 0 Å². The molecule has 0 saturated carbocycles. The maximum Gasteiger partial charge on any atom is 0.191 e. The SMILES string of the molecule is CCNC(=NCCN(C)C(C)CC)NCCc1ccc(OC)c(OC)c1. The van der Waals surface area contributed by atoms with Gasteiger partial charge in [-0.05, 0) is 51.4 Å². The molecule has 0 radical (unpaired) electrons. The number of hydrogen-bond acceptors (Lipinski definition) is 4. The van der Waals surface area contributed by atoms with Crippen molar-refractivity contribution in [2.75, 3.05) is 47.4 Å². The highest BCUT2D eigenvalue weighted by molar-refractivity contribution is 5.79. The average molecular weight is 365 g/mol. The van der Waals surface area contributed by atoms with E-state index >= 15 is 0 Å². The van der Waals surface area contributed by atoms with Gasteiger partial charge in [0.25, 0.3) is 0 Å². The first-order valence-electron chi connectivity index (χ1n) is 9.48. The Morgan fingerprint density at radius 3 is 2.50 bits per heavy atom. The summed E-state index contributed by atoms with van der Waals surface area (Å²) in [5.41, 5.74) is 1.20. The molecule has 0 spiro atoms. The largest absolute Gasteiger partial charge is 0.493 e. The summed E-state index contributed by atoms with van der Waals surface area (Å²) in [6.45, 7) is 9.94. The number of nitrogens with one attached hydrogen (secondary N) is 2. The van der Waals surface area contributed by atoms with Gasteiger partial charge in [-0.15, -0.1) is 0 Å². The Morgan fingerprint density at radius 1 is 1.15 bits per heavy atom. The predicted molar refractivity (Wildman–Crippen MR) is 110 cm³/mol. The zero-order valence-electron chi connectivity index (χ0n) is 17.3. The number of benzene rings is 1. The van der Waals surface area contributed by atoms with Crippen LogP contribution in [-0.4, -0.2) is 64.3 Å². The van der Waals surface area contributed by atoms with Crippen LogP contribution in [0.4, 0.5) is 0 Å². The van der Waals surface area contributed by atoms with E-state index in [-0.39, 0.29) is 0 Å². The Balaban J connectivity index is 2.51. The summed E-state index contributed by atoms with van der Waals surface area (Å²) in [5, 5.41) is 6.70. The third kappa shape index (κ3) is 7.52. The summed E-state index contributed by atoms with van der Waals surface area (Å²) in [7, 11) is 5.46. The molecule has 0 amide bonds. The van der Waals surface area contributed by atoms with Gasteiger partial charge >= 0.3 is 0 Å². The topological polar surface area (TPSA) is 58.1 Å². The maximum atomic E-state index is 5.36. The van der Waals surface area contributed by atoms with Gasteiger partial charge in [-0.2, -0.15) is 0 Å². The average Bonchev–Trinajstić information content (AvgIpc) is 2.66. The van der Waals surface area contributed by atoms with Crippen LogP contribution >= 0.6 is 0 Å². The van der Waals surface area contributed by atoms with E-state index in [0.29, 0.717) is 6.04 Å². The van der Waals surface area contributed by atoms with Crippen LogP contribution in [0.25, 0.3) is 0 Å². The van der Waals surface area contributed by atoms with E-state index in [1.54, 1.807) is 14.2 Å². The number of guanidine groups is 1. The minimum Gasteiger partial charge on any atom is -0.493 e. The Kier molecular flexibility index (Phi) is 10.5. The summed E-state index contributed by atoms with van der Waals surface area (Å²) in [6, 6.07) is 6.61. The maximum absolute atomic E-state index is 5.36. The third-order valence-corrected chi connectivity index (χ3v) is 4.56. The van der Waals surface area contributed by atoms with Crippen molar-refractivity contribution in [1.82, 2.24) is 15.5 Å². The second kappa shape index (κ2) is 12.4. The highest BCUT2D eigenvalue weighted by Gasteiger charge is 2.07. The zero-order valence-corrected chi connectivity index (χ0v) is 17.3. The van der Waals surface area contributed by atoms with Crippen molar-refractivity contribution in [2.24, 2.45) is 4.99 Å². The second-order valence-electron chi connectivity index (χ2n) is 6.36. The van der Waals surface area contributed by atoms with Crippen molar-refractivity contribution in [3.63, 3.8) is 0 Å². The van der Waals surface area contributed by atoms with Crippen LogP contribution in [0.5, 0.6) is 11.5 Å². The van der Waals surface area contributed by atoms with Crippen molar-refractivity contribution in [1.29, 1.82) is 0 Å². The Hall–Kier alpha value is -1.95. The van der Waals surface area contributed by atoms with Gasteiger partial charge in [0, 0.05) is 25.7 Å². The zero-order chi connectivity index (χ0) is 19.4. The highest BCUT2D eigenvalue weighted by atomic mass is 16.5. The van der Waals surface area contributed by atoms with Crippen molar-refractivity contribution >= 4 is 5.96 Å². The Morgan fingerprint density at radius 2 is 1.88 bits per heavy atom. The molecule has 148 valence electrons. The van der Waals surface area contributed by atoms with Gasteiger partial charge in [0.05, 0.1) is 20.8 Å². The fourth-order valence-corrected chi connectivity index (χ4v) is 2.55. The molecule has 6 heteroatoms. The fourth-order valence-electron chi connectivity index (χ4n) is 2.55. The molecule has 0 aliphatic carbocycles. The monoisotopic (exact) mass is 364 g/mol. The first-order chi connectivity index (χ1) is 12.5. The Bertz CT molecular complexity index is 549. The second-order valence-corrected chi connectivity index (χ2v) is 6.36. The summed E-state index contributed by atoms with van der Waals surface area (Å²) in [6.07, 6.45) is 2.04. The molecule has 26 heavy (non-hydrogen) atoms. The number of aliphatic imine (C=N–C) groups is 1. The van der Waals surface area contributed by atoms with Crippen molar-refractivity contribution < 1.29 is 9.47 Å². The first-order valence-corrected chi connectivity index (χ1v) is 9.48. The quantitative estimate of drug-likeness (QED) is 0.467. The molecule has 0 bridgehead atoms. The standard InChI is InChI=1S/C20H36N4O2/c1-7-16(3)24(4)14-13-23-20(21-8-2)22-12-11-17-9-10-18(25-5)19(15-17)26-6/h9-10,15-16H,7-8,11-14H2,1-6H3,(H2,21,22,23). The van der Waals surface area contributed by atoms with Gasteiger partial charge < -0.3 is 25.0 Å². The van der Waals surface area contributed by atoms with Crippen LogP contribution < -0.4 is 20.1 Å². The number of likely N-dealkylation sites (N-methyl/N-ethyl adjacent to an activating group) is 1. The van der Waals surface area contributed by atoms with Gasteiger partial charge in [0.2, 0.25) is 0 Å².